The quantitative estimate of drug-likeness (QED) is 0.550. The van der Waals surface area contributed by atoms with Crippen LogP contribution in [0.4, 0.5) is 10.6 Å². The van der Waals surface area contributed by atoms with Crippen molar-refractivity contribution in [3.63, 3.8) is 0 Å². The number of aliphatic hydroxyl groups excluding tert-OH is 1. The van der Waals surface area contributed by atoms with Crippen molar-refractivity contribution in [2.75, 3.05) is 19.0 Å². The van der Waals surface area contributed by atoms with Gasteiger partial charge in [0.25, 0.3) is 0 Å². The molecule has 31 heavy (non-hydrogen) atoms. The maximum atomic E-state index is 12.3. The molecular weight excluding hydrogens is 402 g/mol. The molecule has 1 saturated carbocycles. The van der Waals surface area contributed by atoms with Gasteiger partial charge in [0.05, 0.1) is 31.7 Å². The molecule has 2 aromatic rings. The van der Waals surface area contributed by atoms with Gasteiger partial charge < -0.3 is 20.3 Å². The predicted molar refractivity (Wildman–Crippen MR) is 111 cm³/mol. The van der Waals surface area contributed by atoms with Crippen LogP contribution in [0.2, 0.25) is 0 Å². The van der Waals surface area contributed by atoms with E-state index in [2.05, 4.69) is 20.5 Å². The maximum Gasteiger partial charge on any atom is 0.407 e. The number of hydrogen-bond acceptors (Lipinski definition) is 6. The summed E-state index contributed by atoms with van der Waals surface area (Å²) >= 11 is 0. The highest BCUT2D eigenvalue weighted by Crippen LogP contribution is 2.49. The molecule has 2 aromatic heterocycles. The summed E-state index contributed by atoms with van der Waals surface area (Å²) in [4.78, 5) is 29.2. The fourth-order valence-corrected chi connectivity index (χ4v) is 4.81. The molecule has 0 unspecified atom stereocenters. The molecule has 1 aliphatic heterocycles. The Labute approximate surface area is 179 Å². The van der Waals surface area contributed by atoms with E-state index in [1.165, 1.54) is 12.0 Å². The van der Waals surface area contributed by atoms with Crippen LogP contribution in [0.15, 0.2) is 24.4 Å². The highest BCUT2D eigenvalue weighted by atomic mass is 16.5. The number of rotatable bonds is 6. The molecule has 2 aliphatic rings. The van der Waals surface area contributed by atoms with Gasteiger partial charge in [-0.2, -0.15) is 5.10 Å². The van der Waals surface area contributed by atoms with Gasteiger partial charge >= 0.3 is 6.09 Å². The Hall–Kier alpha value is -3.14. The van der Waals surface area contributed by atoms with E-state index in [-0.39, 0.29) is 30.7 Å². The third kappa shape index (κ3) is 3.95. The minimum absolute atomic E-state index is 0.0706. The monoisotopic (exact) mass is 429 g/mol. The van der Waals surface area contributed by atoms with Crippen LogP contribution in [0, 0.1) is 5.92 Å². The molecule has 4 N–H and O–H groups in total. The van der Waals surface area contributed by atoms with E-state index in [0.717, 1.165) is 30.5 Å². The number of carboxylic acid groups (broad SMARTS) is 1. The Balaban J connectivity index is 1.34. The molecule has 0 radical (unpaired) electrons. The molecule has 10 heteroatoms. The largest absolute Gasteiger partial charge is 0.481 e. The lowest BCUT2D eigenvalue weighted by Gasteiger charge is -2.56. The van der Waals surface area contributed by atoms with Crippen LogP contribution in [0.25, 0.3) is 0 Å². The average molecular weight is 429 g/mol. The van der Waals surface area contributed by atoms with Crippen molar-refractivity contribution in [1.82, 2.24) is 20.1 Å². The first-order chi connectivity index (χ1) is 14.8. The van der Waals surface area contributed by atoms with Gasteiger partial charge in [-0.3, -0.25) is 14.8 Å². The smallest absolute Gasteiger partial charge is 0.407 e. The van der Waals surface area contributed by atoms with Crippen LogP contribution in [0.1, 0.15) is 43.4 Å². The number of methoxy groups -OCH3 is 1. The molecule has 166 valence electrons. The molecule has 4 atom stereocenters. The number of nitrogens with zero attached hydrogens (tertiary/aromatic N) is 3. The standard InChI is InChI=1S/C21H27N5O5/c1-21(16(27)11-26(21)20(29)30)14-5-4-13(8-14)15-9-17(25-24-15)23-18(28)7-12-3-6-19(31-2)22-10-12/h3,6,9-10,13-14,16,27H,4-5,7-8,11H2,1-2H3,(H,29,30)(H2,23,24,25,28)/t13-,14+,16-,21+/m1/s1. The van der Waals surface area contributed by atoms with Crippen molar-refractivity contribution < 1.29 is 24.5 Å². The number of anilines is 1. The van der Waals surface area contributed by atoms with Crippen molar-refractivity contribution >= 4 is 17.8 Å². The second kappa shape index (κ2) is 8.18. The van der Waals surface area contributed by atoms with E-state index < -0.39 is 17.7 Å². The average Bonchev–Trinajstić information content (AvgIpc) is 3.41. The molecule has 2 fully saturated rings. The number of likely N-dealkylation sites (tertiary alicyclic amines) is 1. The summed E-state index contributed by atoms with van der Waals surface area (Å²) in [5.41, 5.74) is 0.926. The molecule has 0 aromatic carbocycles. The van der Waals surface area contributed by atoms with E-state index in [1.807, 2.05) is 13.0 Å². The number of carbonyl (C=O) groups is 2. The van der Waals surface area contributed by atoms with Gasteiger partial charge in [0.1, 0.15) is 0 Å². The van der Waals surface area contributed by atoms with Gasteiger partial charge in [0, 0.05) is 29.9 Å². The first kappa shape index (κ1) is 21.1. The summed E-state index contributed by atoms with van der Waals surface area (Å²) in [5.74, 6) is 0.990. The fourth-order valence-electron chi connectivity index (χ4n) is 4.81. The molecule has 0 spiro atoms. The van der Waals surface area contributed by atoms with Crippen LogP contribution in [-0.2, 0) is 11.2 Å². The molecule has 1 aliphatic carbocycles. The normalized spacial score (nSPS) is 27.6. The van der Waals surface area contributed by atoms with Crippen molar-refractivity contribution in [2.24, 2.45) is 5.92 Å². The first-order valence-corrected chi connectivity index (χ1v) is 10.3. The van der Waals surface area contributed by atoms with Crippen LogP contribution in [0.5, 0.6) is 5.88 Å². The van der Waals surface area contributed by atoms with E-state index in [9.17, 15) is 19.8 Å². The fraction of sp³-hybridized carbons (Fsp3) is 0.524. The number of pyridine rings is 1. The van der Waals surface area contributed by atoms with Crippen LogP contribution in [-0.4, -0.2) is 67.6 Å². The van der Waals surface area contributed by atoms with Gasteiger partial charge in [-0.15, -0.1) is 0 Å². The van der Waals surface area contributed by atoms with Crippen LogP contribution in [0.3, 0.4) is 0 Å². The van der Waals surface area contributed by atoms with Crippen LogP contribution < -0.4 is 10.1 Å². The summed E-state index contributed by atoms with van der Waals surface area (Å²) in [6.45, 7) is 1.99. The van der Waals surface area contributed by atoms with Crippen molar-refractivity contribution in [3.05, 3.63) is 35.7 Å². The number of aromatic nitrogens is 3. The van der Waals surface area contributed by atoms with Gasteiger partial charge in [0.15, 0.2) is 5.82 Å². The van der Waals surface area contributed by atoms with E-state index in [4.69, 9.17) is 4.74 Å². The molecule has 2 amide bonds. The number of aliphatic hydroxyl groups is 1. The Kier molecular flexibility index (Phi) is 5.57. The Bertz CT molecular complexity index is 961. The predicted octanol–water partition coefficient (Wildman–Crippen LogP) is 1.99. The first-order valence-electron chi connectivity index (χ1n) is 10.3. The lowest BCUT2D eigenvalue weighted by molar-refractivity contribution is -0.136. The second-order valence-corrected chi connectivity index (χ2v) is 8.48. The molecule has 10 nitrogen and oxygen atoms in total. The number of ether oxygens (including phenoxy) is 1. The summed E-state index contributed by atoms with van der Waals surface area (Å²) in [7, 11) is 1.53. The Morgan fingerprint density at radius 3 is 2.84 bits per heavy atom. The number of amides is 2. The highest BCUT2D eigenvalue weighted by molar-refractivity contribution is 5.91. The van der Waals surface area contributed by atoms with Gasteiger partial charge in [0.2, 0.25) is 11.8 Å². The highest BCUT2D eigenvalue weighted by Gasteiger charge is 2.57. The Morgan fingerprint density at radius 1 is 1.39 bits per heavy atom. The topological polar surface area (TPSA) is 141 Å². The van der Waals surface area contributed by atoms with Gasteiger partial charge in [-0.1, -0.05) is 6.07 Å². The zero-order valence-corrected chi connectivity index (χ0v) is 17.5. The summed E-state index contributed by atoms with van der Waals surface area (Å²) < 4.78 is 5.01. The van der Waals surface area contributed by atoms with Crippen molar-refractivity contribution in [3.8, 4) is 5.88 Å². The number of H-pyrrole nitrogens is 1. The zero-order valence-electron chi connectivity index (χ0n) is 17.5. The number of aromatic amines is 1. The lowest BCUT2D eigenvalue weighted by Crippen LogP contribution is -2.73. The van der Waals surface area contributed by atoms with Crippen LogP contribution >= 0.6 is 0 Å². The minimum atomic E-state index is -0.991. The van der Waals surface area contributed by atoms with E-state index >= 15 is 0 Å². The molecule has 3 heterocycles. The van der Waals surface area contributed by atoms with E-state index in [1.54, 1.807) is 18.3 Å². The molecule has 1 saturated heterocycles. The zero-order chi connectivity index (χ0) is 22.2. The van der Waals surface area contributed by atoms with Gasteiger partial charge in [-0.05, 0) is 37.7 Å². The molecular formula is C21H27N5O5. The number of β-amino-alcohol motifs (C(OH)–C–C–N with tert-alkyl or cyclic N) is 1. The van der Waals surface area contributed by atoms with Crippen molar-refractivity contribution in [2.45, 2.75) is 50.2 Å². The number of hydrogen-bond donors (Lipinski definition) is 4. The minimum Gasteiger partial charge on any atom is -0.481 e. The maximum absolute atomic E-state index is 12.3. The summed E-state index contributed by atoms with van der Waals surface area (Å²) in [6, 6.07) is 5.32. The number of nitrogens with one attached hydrogen (secondary N) is 2. The second-order valence-electron chi connectivity index (χ2n) is 8.48. The molecule has 4 rings (SSSR count). The van der Waals surface area contributed by atoms with Gasteiger partial charge in [-0.25, -0.2) is 9.78 Å². The third-order valence-electron chi connectivity index (χ3n) is 6.78. The summed E-state index contributed by atoms with van der Waals surface area (Å²) in [5, 5.41) is 29.7. The van der Waals surface area contributed by atoms with E-state index in [0.29, 0.717) is 11.7 Å². The summed E-state index contributed by atoms with van der Waals surface area (Å²) in [6.07, 6.45) is 2.59. The Morgan fingerprint density at radius 2 is 2.19 bits per heavy atom. The lowest BCUT2D eigenvalue weighted by atomic mass is 9.72. The SMILES string of the molecule is COc1ccc(CC(=O)Nc2cc([C@@H]3CC[C@H]([C@@]4(C)[C@H](O)CN4C(=O)O)C3)[nH]n2)cn1. The van der Waals surface area contributed by atoms with Crippen molar-refractivity contribution in [1.29, 1.82) is 0 Å². The molecule has 0 bridgehead atoms. The third-order valence-corrected chi connectivity index (χ3v) is 6.78. The number of carbonyl (C=O) groups excluding carboxylic acids is 1.